The minimum Gasteiger partial charge on any atom is -0.360 e. The van der Waals surface area contributed by atoms with Crippen molar-refractivity contribution in [3.63, 3.8) is 0 Å². The zero-order chi connectivity index (χ0) is 17.0. The molecule has 1 atom stereocenters. The summed E-state index contributed by atoms with van der Waals surface area (Å²) in [5, 5.41) is 3.65. The number of hydrogen-bond donors (Lipinski definition) is 0. The van der Waals surface area contributed by atoms with Gasteiger partial charge in [-0.15, -0.1) is 0 Å². The van der Waals surface area contributed by atoms with E-state index in [1.165, 1.54) is 4.90 Å². The van der Waals surface area contributed by atoms with E-state index < -0.39 is 21.5 Å². The molecule has 1 aromatic carbocycles. The predicted molar refractivity (Wildman–Crippen MR) is 86.4 cm³/mol. The maximum Gasteiger partial charge on any atom is 0.238 e. The van der Waals surface area contributed by atoms with Crippen molar-refractivity contribution in [1.82, 2.24) is 10.1 Å². The Morgan fingerprint density at radius 1 is 1.30 bits per heavy atom. The molecule has 0 spiro atoms. The molecule has 23 heavy (non-hydrogen) atoms. The van der Waals surface area contributed by atoms with Gasteiger partial charge in [0, 0.05) is 13.1 Å². The Morgan fingerprint density at radius 3 is 2.52 bits per heavy atom. The van der Waals surface area contributed by atoms with Gasteiger partial charge in [0.25, 0.3) is 0 Å². The lowest BCUT2D eigenvalue weighted by Gasteiger charge is -2.25. The second-order valence-corrected chi connectivity index (χ2v) is 7.62. The monoisotopic (exact) mass is 336 g/mol. The number of amides is 1. The Morgan fingerprint density at radius 2 is 1.96 bits per heavy atom. The van der Waals surface area contributed by atoms with E-state index in [-0.39, 0.29) is 17.6 Å². The number of benzene rings is 1. The maximum atomic E-state index is 12.3. The summed E-state index contributed by atoms with van der Waals surface area (Å²) in [5.41, 5.74) is 1.56. The summed E-state index contributed by atoms with van der Waals surface area (Å²) in [7, 11) is -2.00. The highest BCUT2D eigenvalue weighted by molar-refractivity contribution is 7.91. The Bertz CT molecular complexity index is 768. The van der Waals surface area contributed by atoms with Crippen molar-refractivity contribution in [3.8, 4) is 0 Å². The molecule has 1 heterocycles. The molecule has 0 saturated carbocycles. The predicted octanol–water partition coefficient (Wildman–Crippen LogP) is 2.12. The normalized spacial score (nSPS) is 12.8. The van der Waals surface area contributed by atoms with E-state index >= 15 is 0 Å². The number of rotatable bonds is 6. The summed E-state index contributed by atoms with van der Waals surface area (Å²) in [6.07, 6.45) is 0. The van der Waals surface area contributed by atoms with E-state index in [0.29, 0.717) is 5.69 Å². The smallest absolute Gasteiger partial charge is 0.238 e. The highest BCUT2D eigenvalue weighted by atomic mass is 32.2. The molecule has 6 nitrogen and oxygen atoms in total. The number of carbonyl (C=O) groups excluding carboxylic acids is 1. The molecule has 1 amide bonds. The summed E-state index contributed by atoms with van der Waals surface area (Å²) in [6, 6.07) is 10.8. The molecule has 0 aliphatic rings. The van der Waals surface area contributed by atoms with Gasteiger partial charge in [-0.2, -0.15) is 0 Å². The fourth-order valence-corrected chi connectivity index (χ4v) is 3.46. The van der Waals surface area contributed by atoms with E-state index in [1.807, 2.05) is 37.3 Å². The molecule has 0 N–H and O–H groups in total. The molecule has 0 radical (unpaired) electrons. The van der Waals surface area contributed by atoms with E-state index in [1.54, 1.807) is 20.0 Å². The van der Waals surface area contributed by atoms with Crippen LogP contribution in [0.3, 0.4) is 0 Å². The second kappa shape index (κ2) is 6.95. The first-order valence-electron chi connectivity index (χ1n) is 7.22. The van der Waals surface area contributed by atoms with Crippen molar-refractivity contribution in [2.75, 3.05) is 12.8 Å². The Labute approximate surface area is 136 Å². The molecular formula is C16H20N2O4S. The quantitative estimate of drug-likeness (QED) is 0.807. The number of sulfone groups is 1. The highest BCUT2D eigenvalue weighted by Gasteiger charge is 2.24. The van der Waals surface area contributed by atoms with E-state index in [0.717, 1.165) is 5.56 Å². The van der Waals surface area contributed by atoms with Gasteiger partial charge in [0.2, 0.25) is 5.91 Å². The minimum absolute atomic E-state index is 0.202. The summed E-state index contributed by atoms with van der Waals surface area (Å²) in [4.78, 5) is 13.7. The summed E-state index contributed by atoms with van der Waals surface area (Å²) < 4.78 is 29.2. The third kappa shape index (κ3) is 4.66. The first-order chi connectivity index (χ1) is 10.8. The van der Waals surface area contributed by atoms with E-state index in [2.05, 4.69) is 5.16 Å². The molecule has 0 aliphatic heterocycles. The van der Waals surface area contributed by atoms with Crippen LogP contribution in [0.5, 0.6) is 0 Å². The topological polar surface area (TPSA) is 80.5 Å². The van der Waals surface area contributed by atoms with Crippen LogP contribution in [0.4, 0.5) is 0 Å². The van der Waals surface area contributed by atoms with Crippen LogP contribution in [0, 0.1) is 6.92 Å². The Hall–Kier alpha value is -2.15. The molecule has 0 aliphatic carbocycles. The van der Waals surface area contributed by atoms with Gasteiger partial charge in [-0.25, -0.2) is 8.42 Å². The van der Waals surface area contributed by atoms with Gasteiger partial charge < -0.3 is 9.42 Å². The lowest BCUT2D eigenvalue weighted by molar-refractivity contribution is -0.129. The highest BCUT2D eigenvalue weighted by Crippen LogP contribution is 2.19. The van der Waals surface area contributed by atoms with Gasteiger partial charge in [0.1, 0.15) is 11.5 Å². The second-order valence-electron chi connectivity index (χ2n) is 5.56. The SMILES string of the molecule is Cc1cc(CS(=O)(=O)CC(=O)N(C)[C@@H](C)c2ccccc2)on1. The molecule has 124 valence electrons. The molecule has 1 aromatic heterocycles. The molecule has 0 saturated heterocycles. The zero-order valence-corrected chi connectivity index (χ0v) is 14.2. The summed E-state index contributed by atoms with van der Waals surface area (Å²) in [6.45, 7) is 3.57. The van der Waals surface area contributed by atoms with E-state index in [4.69, 9.17) is 4.52 Å². The average Bonchev–Trinajstić information content (AvgIpc) is 2.90. The Kier molecular flexibility index (Phi) is 5.20. The van der Waals surface area contributed by atoms with Gasteiger partial charge in [-0.1, -0.05) is 35.5 Å². The van der Waals surface area contributed by atoms with Crippen LogP contribution >= 0.6 is 0 Å². The zero-order valence-electron chi connectivity index (χ0n) is 13.4. The fraction of sp³-hybridized carbons (Fsp3) is 0.375. The summed E-state index contributed by atoms with van der Waals surface area (Å²) in [5.74, 6) is -1.08. The van der Waals surface area contributed by atoms with Gasteiger partial charge in [-0.05, 0) is 19.4 Å². The Balaban J connectivity index is 2.02. The van der Waals surface area contributed by atoms with Gasteiger partial charge in [-0.3, -0.25) is 4.79 Å². The molecule has 0 bridgehead atoms. The number of carbonyl (C=O) groups is 1. The maximum absolute atomic E-state index is 12.3. The third-order valence-corrected chi connectivity index (χ3v) is 5.05. The molecule has 2 rings (SSSR count). The van der Waals surface area contributed by atoms with Crippen LogP contribution in [-0.2, 0) is 20.4 Å². The number of aromatic nitrogens is 1. The van der Waals surface area contributed by atoms with Gasteiger partial charge >= 0.3 is 0 Å². The lowest BCUT2D eigenvalue weighted by atomic mass is 10.1. The molecule has 2 aromatic rings. The summed E-state index contributed by atoms with van der Waals surface area (Å²) >= 11 is 0. The van der Waals surface area contributed by atoms with Crippen molar-refractivity contribution in [1.29, 1.82) is 0 Å². The van der Waals surface area contributed by atoms with Crippen LogP contribution in [0.1, 0.15) is 30.0 Å². The van der Waals surface area contributed by atoms with Crippen LogP contribution in [0.2, 0.25) is 0 Å². The van der Waals surface area contributed by atoms with Crippen LogP contribution in [-0.4, -0.2) is 37.2 Å². The third-order valence-electron chi connectivity index (χ3n) is 3.64. The van der Waals surface area contributed by atoms with Crippen LogP contribution in [0.25, 0.3) is 0 Å². The first-order valence-corrected chi connectivity index (χ1v) is 9.04. The van der Waals surface area contributed by atoms with Gasteiger partial charge in [0.05, 0.1) is 11.7 Å². The van der Waals surface area contributed by atoms with Crippen molar-refractivity contribution < 1.29 is 17.7 Å². The average molecular weight is 336 g/mol. The van der Waals surface area contributed by atoms with Crippen LogP contribution < -0.4 is 0 Å². The van der Waals surface area contributed by atoms with Crippen LogP contribution in [0.15, 0.2) is 40.9 Å². The number of aryl methyl sites for hydroxylation is 1. The van der Waals surface area contributed by atoms with Gasteiger partial charge in [0.15, 0.2) is 15.6 Å². The van der Waals surface area contributed by atoms with Crippen molar-refractivity contribution >= 4 is 15.7 Å². The fourth-order valence-electron chi connectivity index (χ4n) is 2.21. The number of nitrogens with zero attached hydrogens (tertiary/aromatic N) is 2. The minimum atomic E-state index is -3.61. The lowest BCUT2D eigenvalue weighted by Crippen LogP contribution is -2.34. The van der Waals surface area contributed by atoms with Crippen molar-refractivity contribution in [2.24, 2.45) is 0 Å². The van der Waals surface area contributed by atoms with Crippen molar-refractivity contribution in [2.45, 2.75) is 25.6 Å². The molecule has 7 heteroatoms. The van der Waals surface area contributed by atoms with Crippen molar-refractivity contribution in [3.05, 3.63) is 53.4 Å². The number of hydrogen-bond acceptors (Lipinski definition) is 5. The molecular weight excluding hydrogens is 316 g/mol. The standard InChI is InChI=1S/C16H20N2O4S/c1-12-9-15(22-17-12)10-23(20,21)11-16(19)18(3)13(2)14-7-5-4-6-8-14/h4-9,13H,10-11H2,1-3H3/t13-/m0/s1. The molecule has 0 fully saturated rings. The first kappa shape index (κ1) is 17.2. The molecule has 0 unspecified atom stereocenters. The largest absolute Gasteiger partial charge is 0.360 e. The van der Waals surface area contributed by atoms with E-state index in [9.17, 15) is 13.2 Å².